The zero-order valence-electron chi connectivity index (χ0n) is 8.21. The molecule has 1 N–H and O–H groups in total. The molecule has 0 aliphatic carbocycles. The molecule has 15 heavy (non-hydrogen) atoms. The molecule has 0 saturated carbocycles. The maximum atomic E-state index is 11.0. The van der Waals surface area contributed by atoms with Gasteiger partial charge in [-0.2, -0.15) is 0 Å². The standard InChI is InChI=1S/C10H10N4O/c1-8(15)13-9-4-2-3-5-10(9)14-6-11-12-7-14/h2-7H,1H3,(H,13,15). The summed E-state index contributed by atoms with van der Waals surface area (Å²) in [6.45, 7) is 1.48. The van der Waals surface area contributed by atoms with Crippen molar-refractivity contribution in [2.24, 2.45) is 0 Å². The third kappa shape index (κ3) is 2.01. The Kier molecular flexibility index (Phi) is 2.45. The fourth-order valence-corrected chi connectivity index (χ4v) is 1.32. The number of rotatable bonds is 2. The van der Waals surface area contributed by atoms with Crippen LogP contribution in [0.4, 0.5) is 5.69 Å². The molecule has 0 unspecified atom stereocenters. The summed E-state index contributed by atoms with van der Waals surface area (Å²) in [4.78, 5) is 11.0. The van der Waals surface area contributed by atoms with Crippen LogP contribution in [0.1, 0.15) is 6.92 Å². The van der Waals surface area contributed by atoms with Crippen LogP contribution in [0, 0.1) is 0 Å². The van der Waals surface area contributed by atoms with Gasteiger partial charge in [-0.05, 0) is 12.1 Å². The van der Waals surface area contributed by atoms with Crippen molar-refractivity contribution in [2.45, 2.75) is 6.92 Å². The molecule has 0 saturated heterocycles. The number of hydrogen-bond donors (Lipinski definition) is 1. The van der Waals surface area contributed by atoms with E-state index in [9.17, 15) is 4.79 Å². The largest absolute Gasteiger partial charge is 0.325 e. The summed E-state index contributed by atoms with van der Waals surface area (Å²) in [7, 11) is 0. The Morgan fingerprint density at radius 2 is 1.93 bits per heavy atom. The Morgan fingerprint density at radius 1 is 1.27 bits per heavy atom. The third-order valence-electron chi connectivity index (χ3n) is 1.91. The Balaban J connectivity index is 2.42. The van der Waals surface area contributed by atoms with Crippen molar-refractivity contribution < 1.29 is 4.79 Å². The van der Waals surface area contributed by atoms with E-state index in [1.165, 1.54) is 6.92 Å². The van der Waals surface area contributed by atoms with Gasteiger partial charge < -0.3 is 5.32 Å². The minimum Gasteiger partial charge on any atom is -0.325 e. The molecule has 5 heteroatoms. The molecule has 1 amide bonds. The first-order chi connectivity index (χ1) is 7.27. The minimum atomic E-state index is -0.101. The van der Waals surface area contributed by atoms with Crippen LogP contribution in [0.25, 0.3) is 5.69 Å². The number of para-hydroxylation sites is 2. The van der Waals surface area contributed by atoms with E-state index in [1.807, 2.05) is 24.3 Å². The Labute approximate surface area is 86.8 Å². The van der Waals surface area contributed by atoms with Crippen molar-refractivity contribution >= 4 is 11.6 Å². The van der Waals surface area contributed by atoms with Crippen LogP contribution < -0.4 is 5.32 Å². The number of anilines is 1. The normalized spacial score (nSPS) is 9.93. The molecule has 0 bridgehead atoms. The van der Waals surface area contributed by atoms with Gasteiger partial charge in [-0.25, -0.2) is 0 Å². The molecular formula is C10H10N4O. The number of amides is 1. The highest BCUT2D eigenvalue weighted by molar-refractivity contribution is 5.90. The molecule has 0 aliphatic rings. The van der Waals surface area contributed by atoms with Crippen LogP contribution >= 0.6 is 0 Å². The number of nitrogens with one attached hydrogen (secondary N) is 1. The maximum absolute atomic E-state index is 11.0. The van der Waals surface area contributed by atoms with E-state index < -0.39 is 0 Å². The molecule has 0 fully saturated rings. The van der Waals surface area contributed by atoms with Crippen LogP contribution in [0.2, 0.25) is 0 Å². The van der Waals surface area contributed by atoms with E-state index in [-0.39, 0.29) is 5.91 Å². The monoisotopic (exact) mass is 202 g/mol. The number of carbonyl (C=O) groups is 1. The number of benzene rings is 1. The van der Waals surface area contributed by atoms with Crippen molar-refractivity contribution in [3.63, 3.8) is 0 Å². The lowest BCUT2D eigenvalue weighted by atomic mass is 10.2. The van der Waals surface area contributed by atoms with Gasteiger partial charge in [0.25, 0.3) is 0 Å². The first kappa shape index (κ1) is 9.39. The lowest BCUT2D eigenvalue weighted by Crippen LogP contribution is -2.08. The van der Waals surface area contributed by atoms with E-state index in [0.717, 1.165) is 11.4 Å². The summed E-state index contributed by atoms with van der Waals surface area (Å²) >= 11 is 0. The van der Waals surface area contributed by atoms with Crippen LogP contribution in [0.3, 0.4) is 0 Å². The number of aromatic nitrogens is 3. The van der Waals surface area contributed by atoms with E-state index >= 15 is 0 Å². The summed E-state index contributed by atoms with van der Waals surface area (Å²) in [6, 6.07) is 7.46. The zero-order valence-corrected chi connectivity index (χ0v) is 8.21. The van der Waals surface area contributed by atoms with Crippen LogP contribution in [0.5, 0.6) is 0 Å². The van der Waals surface area contributed by atoms with Crippen molar-refractivity contribution in [2.75, 3.05) is 5.32 Å². The van der Waals surface area contributed by atoms with Gasteiger partial charge >= 0.3 is 0 Å². The van der Waals surface area contributed by atoms with Crippen molar-refractivity contribution in [3.8, 4) is 5.69 Å². The third-order valence-corrected chi connectivity index (χ3v) is 1.91. The summed E-state index contributed by atoms with van der Waals surface area (Å²) in [6.07, 6.45) is 3.17. The lowest BCUT2D eigenvalue weighted by molar-refractivity contribution is -0.114. The molecule has 1 heterocycles. The molecule has 0 radical (unpaired) electrons. The molecule has 0 atom stereocenters. The van der Waals surface area contributed by atoms with Gasteiger partial charge in [0.05, 0.1) is 11.4 Å². The first-order valence-electron chi connectivity index (χ1n) is 4.49. The van der Waals surface area contributed by atoms with Gasteiger partial charge in [0.15, 0.2) is 0 Å². The summed E-state index contributed by atoms with van der Waals surface area (Å²) in [5, 5.41) is 10.2. The highest BCUT2D eigenvalue weighted by atomic mass is 16.1. The molecule has 0 aliphatic heterocycles. The summed E-state index contributed by atoms with van der Waals surface area (Å²) in [5.41, 5.74) is 1.59. The predicted molar refractivity (Wildman–Crippen MR) is 55.7 cm³/mol. The Hall–Kier alpha value is -2.17. The van der Waals surface area contributed by atoms with Crippen molar-refractivity contribution in [3.05, 3.63) is 36.9 Å². The number of hydrogen-bond acceptors (Lipinski definition) is 3. The highest BCUT2D eigenvalue weighted by Gasteiger charge is 2.04. The predicted octanol–water partition coefficient (Wildman–Crippen LogP) is 1.23. The minimum absolute atomic E-state index is 0.101. The maximum Gasteiger partial charge on any atom is 0.221 e. The Morgan fingerprint density at radius 3 is 2.60 bits per heavy atom. The number of carbonyl (C=O) groups excluding carboxylic acids is 1. The molecule has 1 aromatic carbocycles. The second-order valence-corrected chi connectivity index (χ2v) is 3.07. The highest BCUT2D eigenvalue weighted by Crippen LogP contribution is 2.18. The molecule has 1 aromatic heterocycles. The fraction of sp³-hybridized carbons (Fsp3) is 0.100. The molecular weight excluding hydrogens is 192 g/mol. The second-order valence-electron chi connectivity index (χ2n) is 3.07. The average Bonchev–Trinajstić information content (AvgIpc) is 2.70. The number of nitrogens with zero attached hydrogens (tertiary/aromatic N) is 3. The van der Waals surface area contributed by atoms with Gasteiger partial charge in [0, 0.05) is 6.92 Å². The van der Waals surface area contributed by atoms with E-state index in [0.29, 0.717) is 0 Å². The lowest BCUT2D eigenvalue weighted by Gasteiger charge is -2.08. The molecule has 76 valence electrons. The van der Waals surface area contributed by atoms with Gasteiger partial charge in [-0.3, -0.25) is 9.36 Å². The Bertz CT molecular complexity index is 464. The molecule has 2 rings (SSSR count). The van der Waals surface area contributed by atoms with Gasteiger partial charge in [0.2, 0.25) is 5.91 Å². The second kappa shape index (κ2) is 3.91. The van der Waals surface area contributed by atoms with E-state index in [1.54, 1.807) is 17.2 Å². The summed E-state index contributed by atoms with van der Waals surface area (Å²) in [5.74, 6) is -0.101. The van der Waals surface area contributed by atoms with Gasteiger partial charge in [-0.1, -0.05) is 12.1 Å². The molecule has 0 spiro atoms. The van der Waals surface area contributed by atoms with Gasteiger partial charge in [-0.15, -0.1) is 10.2 Å². The van der Waals surface area contributed by atoms with E-state index in [4.69, 9.17) is 0 Å². The smallest absolute Gasteiger partial charge is 0.221 e. The summed E-state index contributed by atoms with van der Waals surface area (Å²) < 4.78 is 1.74. The zero-order chi connectivity index (χ0) is 10.7. The SMILES string of the molecule is CC(=O)Nc1ccccc1-n1cnnc1. The van der Waals surface area contributed by atoms with Crippen LogP contribution in [-0.4, -0.2) is 20.7 Å². The van der Waals surface area contributed by atoms with E-state index in [2.05, 4.69) is 15.5 Å². The van der Waals surface area contributed by atoms with Crippen molar-refractivity contribution in [1.29, 1.82) is 0 Å². The van der Waals surface area contributed by atoms with Crippen LogP contribution in [-0.2, 0) is 4.79 Å². The fourth-order valence-electron chi connectivity index (χ4n) is 1.32. The first-order valence-corrected chi connectivity index (χ1v) is 4.49. The van der Waals surface area contributed by atoms with Crippen LogP contribution in [0.15, 0.2) is 36.9 Å². The topological polar surface area (TPSA) is 59.8 Å². The van der Waals surface area contributed by atoms with Crippen molar-refractivity contribution in [1.82, 2.24) is 14.8 Å². The average molecular weight is 202 g/mol. The molecule has 5 nitrogen and oxygen atoms in total. The quantitative estimate of drug-likeness (QED) is 0.796. The molecule has 2 aromatic rings. The van der Waals surface area contributed by atoms with Gasteiger partial charge in [0.1, 0.15) is 12.7 Å².